The fraction of sp³-hybridized carbons (Fsp3) is 0.400. The molecule has 0 bridgehead atoms. The number of rotatable bonds is 10. The fourth-order valence-electron chi connectivity index (χ4n) is 4.25. The SMILES string of the molecule is CCC(CCC(=O)N(CC(=O)O)CC(F)(F)F)NC(=O)OCC1c2ccccc2-c2ccccc21. The van der Waals surface area contributed by atoms with Crippen molar-refractivity contribution in [1.29, 1.82) is 0 Å². The van der Waals surface area contributed by atoms with E-state index in [1.54, 1.807) is 6.92 Å². The molecule has 2 aromatic rings. The Balaban J connectivity index is 1.55. The molecule has 2 N–H and O–H groups in total. The summed E-state index contributed by atoms with van der Waals surface area (Å²) in [6, 6.07) is 15.2. The van der Waals surface area contributed by atoms with Crippen LogP contribution < -0.4 is 5.32 Å². The average Bonchev–Trinajstić information content (AvgIpc) is 3.12. The molecule has 35 heavy (non-hydrogen) atoms. The lowest BCUT2D eigenvalue weighted by Crippen LogP contribution is -2.43. The van der Waals surface area contributed by atoms with E-state index in [4.69, 9.17) is 9.84 Å². The normalized spacial score (nSPS) is 13.5. The summed E-state index contributed by atoms with van der Waals surface area (Å²) in [7, 11) is 0. The van der Waals surface area contributed by atoms with Crippen molar-refractivity contribution in [3.63, 3.8) is 0 Å². The summed E-state index contributed by atoms with van der Waals surface area (Å²) < 4.78 is 43.5. The summed E-state index contributed by atoms with van der Waals surface area (Å²) in [4.78, 5) is 35.8. The molecule has 0 radical (unpaired) electrons. The Morgan fingerprint density at radius 3 is 2.14 bits per heavy atom. The van der Waals surface area contributed by atoms with Gasteiger partial charge in [0.1, 0.15) is 19.7 Å². The minimum atomic E-state index is -4.71. The summed E-state index contributed by atoms with van der Waals surface area (Å²) >= 11 is 0. The smallest absolute Gasteiger partial charge is 0.407 e. The second-order valence-electron chi connectivity index (χ2n) is 8.37. The van der Waals surface area contributed by atoms with Crippen LogP contribution in [0.5, 0.6) is 0 Å². The predicted octanol–water partition coefficient (Wildman–Crippen LogP) is 4.56. The number of carboxylic acids is 1. The van der Waals surface area contributed by atoms with Crippen LogP contribution in [0.3, 0.4) is 0 Å². The van der Waals surface area contributed by atoms with E-state index in [0.29, 0.717) is 6.42 Å². The van der Waals surface area contributed by atoms with Gasteiger partial charge in [-0.2, -0.15) is 13.2 Å². The maximum Gasteiger partial charge on any atom is 0.407 e. The number of halogens is 3. The number of hydrogen-bond acceptors (Lipinski definition) is 4. The van der Waals surface area contributed by atoms with Crippen molar-refractivity contribution in [1.82, 2.24) is 10.2 Å². The Labute approximate surface area is 200 Å². The number of amides is 2. The van der Waals surface area contributed by atoms with Gasteiger partial charge in [-0.05, 0) is 35.1 Å². The first kappa shape index (κ1) is 26.1. The van der Waals surface area contributed by atoms with Gasteiger partial charge in [0.15, 0.2) is 0 Å². The van der Waals surface area contributed by atoms with E-state index < -0.39 is 43.3 Å². The molecule has 1 aliphatic rings. The molecule has 0 fully saturated rings. The van der Waals surface area contributed by atoms with Crippen molar-refractivity contribution in [3.8, 4) is 11.1 Å². The molecule has 0 aromatic heterocycles. The number of benzene rings is 2. The number of nitrogens with zero attached hydrogens (tertiary/aromatic N) is 1. The second-order valence-corrected chi connectivity index (χ2v) is 8.37. The molecule has 0 spiro atoms. The van der Waals surface area contributed by atoms with Crippen molar-refractivity contribution in [2.75, 3.05) is 19.7 Å². The molecule has 0 saturated heterocycles. The Morgan fingerprint density at radius 1 is 1.06 bits per heavy atom. The molecular weight excluding hydrogens is 465 g/mol. The number of nitrogens with one attached hydrogen (secondary N) is 1. The lowest BCUT2D eigenvalue weighted by atomic mass is 9.98. The molecule has 1 atom stereocenters. The van der Waals surface area contributed by atoms with E-state index in [0.717, 1.165) is 22.3 Å². The van der Waals surface area contributed by atoms with Crippen LogP contribution in [0.4, 0.5) is 18.0 Å². The van der Waals surface area contributed by atoms with E-state index in [1.165, 1.54) is 0 Å². The summed E-state index contributed by atoms with van der Waals surface area (Å²) in [5, 5.41) is 11.5. The summed E-state index contributed by atoms with van der Waals surface area (Å²) in [5.74, 6) is -2.61. The Hall–Kier alpha value is -3.56. The number of aliphatic carboxylic acids is 1. The standard InChI is InChI=1S/C25H27F3N2O5/c1-2-16(11-12-22(31)30(13-23(32)33)15-25(26,27)28)29-24(34)35-14-21-19-9-5-3-7-17(19)18-8-4-6-10-20(18)21/h3-10,16,21H,2,11-15H2,1H3,(H,29,34)(H,32,33). The molecule has 1 unspecified atom stereocenters. The quantitative estimate of drug-likeness (QED) is 0.507. The van der Waals surface area contributed by atoms with Crippen LogP contribution in [-0.4, -0.2) is 59.9 Å². The van der Waals surface area contributed by atoms with Crippen LogP contribution in [-0.2, 0) is 14.3 Å². The highest BCUT2D eigenvalue weighted by Crippen LogP contribution is 2.44. The molecule has 0 aliphatic heterocycles. The van der Waals surface area contributed by atoms with E-state index in [-0.39, 0.29) is 30.3 Å². The largest absolute Gasteiger partial charge is 0.480 e. The first-order chi connectivity index (χ1) is 16.6. The first-order valence-corrected chi connectivity index (χ1v) is 11.3. The van der Waals surface area contributed by atoms with Gasteiger partial charge >= 0.3 is 18.2 Å². The zero-order valence-corrected chi connectivity index (χ0v) is 19.2. The summed E-state index contributed by atoms with van der Waals surface area (Å²) in [6.45, 7) is -0.833. The zero-order valence-electron chi connectivity index (χ0n) is 19.2. The zero-order chi connectivity index (χ0) is 25.6. The molecule has 2 aromatic carbocycles. The van der Waals surface area contributed by atoms with Gasteiger partial charge in [0, 0.05) is 18.4 Å². The number of carboxylic acid groups (broad SMARTS) is 1. The van der Waals surface area contributed by atoms with Crippen molar-refractivity contribution in [2.45, 2.75) is 44.3 Å². The molecule has 10 heteroatoms. The van der Waals surface area contributed by atoms with Crippen molar-refractivity contribution >= 4 is 18.0 Å². The van der Waals surface area contributed by atoms with Crippen LogP contribution in [0.15, 0.2) is 48.5 Å². The van der Waals surface area contributed by atoms with Gasteiger partial charge in [-0.15, -0.1) is 0 Å². The third-order valence-electron chi connectivity index (χ3n) is 5.91. The number of alkyl halides is 3. The lowest BCUT2D eigenvalue weighted by molar-refractivity contribution is -0.165. The average molecular weight is 492 g/mol. The lowest BCUT2D eigenvalue weighted by Gasteiger charge is -2.23. The van der Waals surface area contributed by atoms with E-state index >= 15 is 0 Å². The van der Waals surface area contributed by atoms with Gasteiger partial charge in [-0.3, -0.25) is 9.59 Å². The Bertz CT molecular complexity index is 1030. The van der Waals surface area contributed by atoms with Crippen LogP contribution in [0.2, 0.25) is 0 Å². The van der Waals surface area contributed by atoms with Gasteiger partial charge in [0.2, 0.25) is 5.91 Å². The number of ether oxygens (including phenoxy) is 1. The van der Waals surface area contributed by atoms with E-state index in [2.05, 4.69) is 5.32 Å². The molecule has 0 saturated carbocycles. The van der Waals surface area contributed by atoms with Gasteiger partial charge < -0.3 is 20.1 Å². The molecular formula is C25H27F3N2O5. The van der Waals surface area contributed by atoms with E-state index in [1.807, 2.05) is 48.5 Å². The minimum absolute atomic E-state index is 0.0491. The first-order valence-electron chi connectivity index (χ1n) is 11.3. The molecule has 3 rings (SSSR count). The van der Waals surface area contributed by atoms with Crippen LogP contribution in [0, 0.1) is 0 Å². The molecule has 2 amide bonds. The van der Waals surface area contributed by atoms with Crippen molar-refractivity contribution < 1.29 is 37.4 Å². The highest BCUT2D eigenvalue weighted by molar-refractivity contribution is 5.81. The third kappa shape index (κ3) is 6.97. The molecule has 1 aliphatic carbocycles. The molecule has 188 valence electrons. The molecule has 7 nitrogen and oxygen atoms in total. The van der Waals surface area contributed by atoms with E-state index in [9.17, 15) is 27.6 Å². The maximum atomic E-state index is 12.7. The second kappa shape index (κ2) is 11.2. The highest BCUT2D eigenvalue weighted by atomic mass is 19.4. The van der Waals surface area contributed by atoms with Crippen LogP contribution >= 0.6 is 0 Å². The fourth-order valence-corrected chi connectivity index (χ4v) is 4.25. The highest BCUT2D eigenvalue weighted by Gasteiger charge is 2.34. The number of fused-ring (bicyclic) bond motifs is 3. The van der Waals surface area contributed by atoms with Gasteiger partial charge in [-0.1, -0.05) is 55.5 Å². The van der Waals surface area contributed by atoms with Crippen LogP contribution in [0.25, 0.3) is 11.1 Å². The number of carbonyl (C=O) groups is 3. The van der Waals surface area contributed by atoms with Crippen molar-refractivity contribution in [3.05, 3.63) is 59.7 Å². The number of carbonyl (C=O) groups excluding carboxylic acids is 2. The Kier molecular flexibility index (Phi) is 8.37. The van der Waals surface area contributed by atoms with Gasteiger partial charge in [-0.25, -0.2) is 4.79 Å². The monoisotopic (exact) mass is 492 g/mol. The van der Waals surface area contributed by atoms with Crippen LogP contribution in [0.1, 0.15) is 43.2 Å². The van der Waals surface area contributed by atoms with Gasteiger partial charge in [0.05, 0.1) is 0 Å². The van der Waals surface area contributed by atoms with Gasteiger partial charge in [0.25, 0.3) is 0 Å². The third-order valence-corrected chi connectivity index (χ3v) is 5.91. The topological polar surface area (TPSA) is 95.9 Å². The molecule has 0 heterocycles. The van der Waals surface area contributed by atoms with Crippen molar-refractivity contribution in [2.24, 2.45) is 0 Å². The minimum Gasteiger partial charge on any atom is -0.480 e. The Morgan fingerprint density at radius 2 is 1.63 bits per heavy atom. The number of hydrogen-bond donors (Lipinski definition) is 2. The summed E-state index contributed by atoms with van der Waals surface area (Å²) in [6.07, 6.45) is -5.28. The summed E-state index contributed by atoms with van der Waals surface area (Å²) in [5.41, 5.74) is 4.29. The predicted molar refractivity (Wildman–Crippen MR) is 122 cm³/mol. The maximum absolute atomic E-state index is 12.7. The number of alkyl carbamates (subject to hydrolysis) is 1.